The van der Waals surface area contributed by atoms with E-state index in [1.54, 1.807) is 18.2 Å². The SMILES string of the molecule is CCNC(=NCc1ccccc1S(=O)(=O)N(C)C)NCc1cc(C(CC)CC)no1.I. The molecule has 0 aliphatic heterocycles. The zero-order chi connectivity index (χ0) is 22.1. The van der Waals surface area contributed by atoms with E-state index in [4.69, 9.17) is 4.52 Å². The highest BCUT2D eigenvalue weighted by atomic mass is 127. The minimum atomic E-state index is -3.53. The molecule has 1 aromatic carbocycles. The molecule has 174 valence electrons. The van der Waals surface area contributed by atoms with E-state index in [0.717, 1.165) is 24.3 Å². The lowest BCUT2D eigenvalue weighted by atomic mass is 9.99. The number of rotatable bonds is 10. The predicted octanol–water partition coefficient (Wildman–Crippen LogP) is 3.70. The summed E-state index contributed by atoms with van der Waals surface area (Å²) in [6, 6.07) is 8.89. The number of benzene rings is 1. The van der Waals surface area contributed by atoms with Crippen LogP contribution in [0.4, 0.5) is 0 Å². The fourth-order valence-corrected chi connectivity index (χ4v) is 4.18. The topological polar surface area (TPSA) is 99.8 Å². The maximum Gasteiger partial charge on any atom is 0.242 e. The molecular formula is C21H34IN5O3S. The number of sulfonamides is 1. The molecule has 31 heavy (non-hydrogen) atoms. The van der Waals surface area contributed by atoms with Crippen LogP contribution in [0, 0.1) is 0 Å². The molecule has 2 rings (SSSR count). The van der Waals surface area contributed by atoms with E-state index < -0.39 is 10.0 Å². The second-order valence-electron chi connectivity index (χ2n) is 7.18. The van der Waals surface area contributed by atoms with Crippen LogP contribution in [0.15, 0.2) is 44.7 Å². The number of aliphatic imine (C=N–C) groups is 1. The summed E-state index contributed by atoms with van der Waals surface area (Å²) in [6.07, 6.45) is 2.05. The van der Waals surface area contributed by atoms with Gasteiger partial charge in [0, 0.05) is 32.6 Å². The summed E-state index contributed by atoms with van der Waals surface area (Å²) in [5.74, 6) is 1.72. The average molecular weight is 564 g/mol. The van der Waals surface area contributed by atoms with E-state index in [1.807, 2.05) is 19.1 Å². The van der Waals surface area contributed by atoms with Crippen LogP contribution < -0.4 is 10.6 Å². The van der Waals surface area contributed by atoms with Crippen molar-refractivity contribution in [2.24, 2.45) is 4.99 Å². The smallest absolute Gasteiger partial charge is 0.242 e. The van der Waals surface area contributed by atoms with Crippen molar-refractivity contribution in [3.63, 3.8) is 0 Å². The minimum Gasteiger partial charge on any atom is -0.359 e. The van der Waals surface area contributed by atoms with Crippen LogP contribution in [0.5, 0.6) is 0 Å². The largest absolute Gasteiger partial charge is 0.359 e. The second-order valence-corrected chi connectivity index (χ2v) is 9.30. The summed E-state index contributed by atoms with van der Waals surface area (Å²) < 4.78 is 31.8. The van der Waals surface area contributed by atoms with Crippen molar-refractivity contribution in [2.45, 2.75) is 57.5 Å². The van der Waals surface area contributed by atoms with Gasteiger partial charge in [-0.05, 0) is 31.4 Å². The molecule has 0 spiro atoms. The number of hydrogen-bond acceptors (Lipinski definition) is 5. The number of aromatic nitrogens is 1. The van der Waals surface area contributed by atoms with E-state index in [1.165, 1.54) is 18.4 Å². The van der Waals surface area contributed by atoms with Gasteiger partial charge in [0.15, 0.2) is 11.7 Å². The Morgan fingerprint density at radius 3 is 2.45 bits per heavy atom. The van der Waals surface area contributed by atoms with Crippen molar-refractivity contribution < 1.29 is 12.9 Å². The molecule has 0 bridgehead atoms. The van der Waals surface area contributed by atoms with E-state index in [9.17, 15) is 8.42 Å². The molecule has 8 nitrogen and oxygen atoms in total. The molecule has 0 unspecified atom stereocenters. The molecule has 0 radical (unpaired) electrons. The first-order valence-electron chi connectivity index (χ1n) is 10.3. The molecule has 1 heterocycles. The fraction of sp³-hybridized carbons (Fsp3) is 0.524. The van der Waals surface area contributed by atoms with Gasteiger partial charge in [-0.1, -0.05) is 37.2 Å². The van der Waals surface area contributed by atoms with Crippen LogP contribution in [0.2, 0.25) is 0 Å². The van der Waals surface area contributed by atoms with Crippen LogP contribution in [0.1, 0.15) is 56.5 Å². The molecule has 0 saturated carbocycles. The fourth-order valence-electron chi connectivity index (χ4n) is 3.07. The Kier molecular flexibility index (Phi) is 11.5. The monoisotopic (exact) mass is 563 g/mol. The first-order valence-corrected chi connectivity index (χ1v) is 11.8. The third kappa shape index (κ3) is 7.46. The maximum atomic E-state index is 12.6. The number of hydrogen-bond donors (Lipinski definition) is 2. The zero-order valence-electron chi connectivity index (χ0n) is 18.9. The average Bonchev–Trinajstić information content (AvgIpc) is 3.20. The van der Waals surface area contributed by atoms with Gasteiger partial charge in [0.1, 0.15) is 0 Å². The van der Waals surface area contributed by atoms with Crippen molar-refractivity contribution in [2.75, 3.05) is 20.6 Å². The molecule has 0 saturated heterocycles. The number of nitrogens with one attached hydrogen (secondary N) is 2. The summed E-state index contributed by atoms with van der Waals surface area (Å²) in [4.78, 5) is 4.82. The molecule has 0 amide bonds. The normalized spacial score (nSPS) is 12.2. The molecule has 1 aromatic heterocycles. The van der Waals surface area contributed by atoms with E-state index in [2.05, 4.69) is 34.6 Å². The van der Waals surface area contributed by atoms with Gasteiger partial charge in [-0.15, -0.1) is 24.0 Å². The number of halogens is 1. The van der Waals surface area contributed by atoms with Crippen LogP contribution in [0.25, 0.3) is 0 Å². The van der Waals surface area contributed by atoms with Crippen LogP contribution in [0.3, 0.4) is 0 Å². The van der Waals surface area contributed by atoms with Crippen LogP contribution in [-0.4, -0.2) is 44.5 Å². The highest BCUT2D eigenvalue weighted by Crippen LogP contribution is 2.22. The summed E-state index contributed by atoms with van der Waals surface area (Å²) in [5, 5.41) is 10.6. The number of nitrogens with zero attached hydrogens (tertiary/aromatic N) is 3. The second kappa shape index (κ2) is 13.0. The molecule has 2 N–H and O–H groups in total. The Morgan fingerprint density at radius 2 is 1.84 bits per heavy atom. The van der Waals surface area contributed by atoms with Gasteiger partial charge in [-0.2, -0.15) is 0 Å². The van der Waals surface area contributed by atoms with E-state index >= 15 is 0 Å². The molecule has 0 aliphatic carbocycles. The van der Waals surface area contributed by atoms with Crippen molar-refractivity contribution >= 4 is 40.0 Å². The first kappa shape index (κ1) is 27.4. The van der Waals surface area contributed by atoms with Crippen molar-refractivity contribution in [3.8, 4) is 0 Å². The van der Waals surface area contributed by atoms with Gasteiger partial charge in [0.05, 0.1) is 23.7 Å². The minimum absolute atomic E-state index is 0. The summed E-state index contributed by atoms with van der Waals surface area (Å²) >= 11 is 0. The van der Waals surface area contributed by atoms with Crippen molar-refractivity contribution in [1.82, 2.24) is 20.1 Å². The van der Waals surface area contributed by atoms with E-state index in [-0.39, 0.29) is 35.4 Å². The Labute approximate surface area is 202 Å². The predicted molar refractivity (Wildman–Crippen MR) is 134 cm³/mol. The maximum absolute atomic E-state index is 12.6. The summed E-state index contributed by atoms with van der Waals surface area (Å²) in [5.41, 5.74) is 1.61. The Morgan fingerprint density at radius 1 is 1.16 bits per heavy atom. The van der Waals surface area contributed by atoms with E-state index in [0.29, 0.717) is 30.5 Å². The Bertz CT molecular complexity index is 940. The standard InChI is InChI=1S/C21H33N5O3S.HI/c1-6-16(7-2)19-13-18(29-25-19)15-24-21(22-8-3)23-14-17-11-9-10-12-20(17)30(27,28)26(4)5;/h9-13,16H,6-8,14-15H2,1-5H3,(H2,22,23,24);1H. The quantitative estimate of drug-likeness (QED) is 0.260. The highest BCUT2D eigenvalue weighted by Gasteiger charge is 2.20. The third-order valence-corrected chi connectivity index (χ3v) is 6.81. The van der Waals surface area contributed by atoms with Gasteiger partial charge in [0.25, 0.3) is 0 Å². The summed E-state index contributed by atoms with van der Waals surface area (Å²) in [7, 11) is -0.489. The number of guanidine groups is 1. The van der Waals surface area contributed by atoms with Gasteiger partial charge in [-0.3, -0.25) is 0 Å². The first-order chi connectivity index (χ1) is 14.3. The summed E-state index contributed by atoms with van der Waals surface area (Å²) in [6.45, 7) is 7.61. The molecule has 0 aliphatic rings. The Balaban J connectivity index is 0.00000480. The lowest BCUT2D eigenvalue weighted by molar-refractivity contribution is 0.368. The molecular weight excluding hydrogens is 529 g/mol. The molecule has 10 heteroatoms. The zero-order valence-corrected chi connectivity index (χ0v) is 22.0. The Hall–Kier alpha value is -1.66. The lowest BCUT2D eigenvalue weighted by Crippen LogP contribution is -2.36. The van der Waals surface area contributed by atoms with Gasteiger partial charge >= 0.3 is 0 Å². The molecule has 0 fully saturated rings. The van der Waals surface area contributed by atoms with Crippen molar-refractivity contribution in [3.05, 3.63) is 47.3 Å². The van der Waals surface area contributed by atoms with Gasteiger partial charge in [-0.25, -0.2) is 17.7 Å². The van der Waals surface area contributed by atoms with Crippen molar-refractivity contribution in [1.29, 1.82) is 0 Å². The molecule has 2 aromatic rings. The molecule has 0 atom stereocenters. The van der Waals surface area contributed by atoms with Crippen LogP contribution in [-0.2, 0) is 23.1 Å². The van der Waals surface area contributed by atoms with Gasteiger partial charge < -0.3 is 15.2 Å². The van der Waals surface area contributed by atoms with Gasteiger partial charge in [0.2, 0.25) is 10.0 Å². The third-order valence-electron chi connectivity index (χ3n) is 4.89. The lowest BCUT2D eigenvalue weighted by Gasteiger charge is -2.15. The highest BCUT2D eigenvalue weighted by molar-refractivity contribution is 14.0. The van der Waals surface area contributed by atoms with Crippen LogP contribution >= 0.6 is 24.0 Å².